The molecule has 2 atom stereocenters. The van der Waals surface area contributed by atoms with Crippen molar-refractivity contribution in [1.82, 2.24) is 0 Å². The summed E-state index contributed by atoms with van der Waals surface area (Å²) in [5, 5.41) is 4.24. The van der Waals surface area contributed by atoms with Crippen LogP contribution in [0.25, 0.3) is 0 Å². The number of carbonyl (C=O) groups excluding carboxylic acids is 2. The van der Waals surface area contributed by atoms with E-state index in [4.69, 9.17) is 11.6 Å². The maximum absolute atomic E-state index is 12.7. The Morgan fingerprint density at radius 2 is 1.73 bits per heavy atom. The summed E-state index contributed by atoms with van der Waals surface area (Å²) in [6.45, 7) is 5.59. The van der Waals surface area contributed by atoms with Crippen LogP contribution in [0.15, 0.2) is 66.9 Å². The number of ether oxygens (including phenoxy) is 1. The summed E-state index contributed by atoms with van der Waals surface area (Å²) in [6, 6.07) is 20.6. The monoisotopic (exact) mass is 628 g/mol. The van der Waals surface area contributed by atoms with E-state index in [2.05, 4.69) is 46.7 Å². The standard InChI is InChI=1S/C31H35ClN3O.C3H3F3O2/c1-21-15-22-17-23(16-21)20-31(2,19-22)24-6-11-28(27(32)18-24)33-25-7-9-26(10-8-25)35-29-5-3-4-13-34(29)14-12-30(35)36;1-8-2(7)3(4,5)6/h3-11,13,18,21-23,33H,12,14-17,19-20H2,1-2H3;1H3/q+1;. The van der Waals surface area contributed by atoms with E-state index < -0.39 is 12.1 Å². The number of alkyl halides is 3. The normalized spacial score (nSPS) is 24.5. The Morgan fingerprint density at radius 3 is 2.32 bits per heavy atom. The second-order valence-corrected chi connectivity index (χ2v) is 13.0. The lowest BCUT2D eigenvalue weighted by molar-refractivity contribution is -0.685. The third-order valence-electron chi connectivity index (χ3n) is 9.07. The lowest BCUT2D eigenvalue weighted by atomic mass is 9.57. The smallest absolute Gasteiger partial charge is 0.462 e. The van der Waals surface area contributed by atoms with Crippen molar-refractivity contribution in [2.45, 2.75) is 70.5 Å². The number of halogens is 4. The van der Waals surface area contributed by atoms with Gasteiger partial charge < -0.3 is 10.1 Å². The van der Waals surface area contributed by atoms with Crippen molar-refractivity contribution in [3.63, 3.8) is 0 Å². The van der Waals surface area contributed by atoms with Gasteiger partial charge in [0.05, 0.1) is 30.4 Å². The van der Waals surface area contributed by atoms with E-state index in [0.29, 0.717) is 13.5 Å². The average molecular weight is 629 g/mol. The van der Waals surface area contributed by atoms with Crippen molar-refractivity contribution in [2.75, 3.05) is 17.3 Å². The molecule has 2 fully saturated rings. The molecule has 10 heteroatoms. The number of aromatic nitrogens is 1. The Bertz CT molecular complexity index is 1490. The zero-order valence-electron chi connectivity index (χ0n) is 25.2. The average Bonchev–Trinajstić information content (AvgIpc) is 2.97. The van der Waals surface area contributed by atoms with Gasteiger partial charge in [0.25, 0.3) is 5.82 Å². The molecule has 6 nitrogen and oxygen atoms in total. The number of hydrogen-bond acceptors (Lipinski definition) is 4. The predicted molar refractivity (Wildman–Crippen MR) is 164 cm³/mol. The summed E-state index contributed by atoms with van der Waals surface area (Å²) >= 11 is 6.81. The number of hydrogen-bond donors (Lipinski definition) is 1. The molecular weight excluding hydrogens is 591 g/mol. The molecule has 1 aliphatic heterocycles. The molecule has 2 heterocycles. The Hall–Kier alpha value is -3.59. The second-order valence-electron chi connectivity index (χ2n) is 12.6. The molecule has 6 rings (SSSR count). The number of fused-ring (bicyclic) bond motifs is 3. The SMILES string of the molecule is CC1CC2CC(C1)CC(C)(c1ccc(Nc3ccc(N4C(=O)CC[n+]5ccccc54)cc3)c(Cl)c1)C2.COC(=O)C(F)(F)F. The molecule has 2 unspecified atom stereocenters. The molecule has 3 aromatic rings. The van der Waals surface area contributed by atoms with Crippen LogP contribution in [-0.2, 0) is 26.3 Å². The van der Waals surface area contributed by atoms with Gasteiger partial charge in [-0.05, 0) is 103 Å². The van der Waals surface area contributed by atoms with Crippen LogP contribution in [0.4, 0.5) is 36.1 Å². The molecule has 2 bridgehead atoms. The number of amides is 1. The van der Waals surface area contributed by atoms with Crippen molar-refractivity contribution in [3.8, 4) is 0 Å². The minimum atomic E-state index is -4.85. The van der Waals surface area contributed by atoms with Gasteiger partial charge in [-0.3, -0.25) is 0 Å². The van der Waals surface area contributed by atoms with E-state index >= 15 is 0 Å². The van der Waals surface area contributed by atoms with Crippen molar-refractivity contribution in [1.29, 1.82) is 0 Å². The number of nitrogens with zero attached hydrogens (tertiary/aromatic N) is 2. The number of anilines is 4. The number of esters is 1. The number of methoxy groups -OCH3 is 1. The molecule has 0 saturated heterocycles. The van der Waals surface area contributed by atoms with Crippen LogP contribution in [0.5, 0.6) is 0 Å². The van der Waals surface area contributed by atoms with E-state index in [9.17, 15) is 22.8 Å². The maximum atomic E-state index is 12.7. The Labute approximate surface area is 261 Å². The van der Waals surface area contributed by atoms with Crippen LogP contribution in [0.3, 0.4) is 0 Å². The fourth-order valence-corrected chi connectivity index (χ4v) is 7.60. The van der Waals surface area contributed by atoms with E-state index in [1.54, 1.807) is 4.90 Å². The minimum Gasteiger partial charge on any atom is -0.462 e. The molecule has 1 amide bonds. The number of aryl methyl sites for hydroxylation is 1. The lowest BCUT2D eigenvalue weighted by Crippen LogP contribution is -2.48. The molecule has 0 radical (unpaired) electrons. The summed E-state index contributed by atoms with van der Waals surface area (Å²) in [6.07, 6.45) is 4.39. The van der Waals surface area contributed by atoms with Crippen molar-refractivity contribution in [3.05, 3.63) is 77.4 Å². The highest BCUT2D eigenvalue weighted by Gasteiger charge is 2.42. The first-order valence-corrected chi connectivity index (χ1v) is 15.4. The molecular formula is C34H38ClF3N3O3+. The van der Waals surface area contributed by atoms with E-state index in [1.165, 1.54) is 37.7 Å². The summed E-state index contributed by atoms with van der Waals surface area (Å²) < 4.78 is 38.4. The first kappa shape index (κ1) is 31.8. The zero-order chi connectivity index (χ0) is 31.6. The van der Waals surface area contributed by atoms with Crippen LogP contribution in [0, 0.1) is 17.8 Å². The summed E-state index contributed by atoms with van der Waals surface area (Å²) in [5.74, 6) is 1.44. The topological polar surface area (TPSA) is 62.5 Å². The molecule has 234 valence electrons. The van der Waals surface area contributed by atoms with E-state index in [1.807, 2.05) is 48.7 Å². The molecule has 2 aliphatic carbocycles. The highest BCUT2D eigenvalue weighted by Crippen LogP contribution is 2.51. The van der Waals surface area contributed by atoms with E-state index in [0.717, 1.165) is 52.2 Å². The summed E-state index contributed by atoms with van der Waals surface area (Å²) in [4.78, 5) is 24.0. The summed E-state index contributed by atoms with van der Waals surface area (Å²) in [7, 11) is 0.676. The summed E-state index contributed by atoms with van der Waals surface area (Å²) in [5.41, 5.74) is 4.32. The number of benzene rings is 2. The fourth-order valence-electron chi connectivity index (χ4n) is 7.37. The van der Waals surface area contributed by atoms with Crippen LogP contribution >= 0.6 is 11.6 Å². The molecule has 3 aliphatic rings. The highest BCUT2D eigenvalue weighted by molar-refractivity contribution is 6.33. The van der Waals surface area contributed by atoms with Gasteiger partial charge in [-0.15, -0.1) is 0 Å². The van der Waals surface area contributed by atoms with Gasteiger partial charge in [-0.2, -0.15) is 18.1 Å². The molecule has 2 saturated carbocycles. The van der Waals surface area contributed by atoms with Gasteiger partial charge in [0.15, 0.2) is 0 Å². The minimum absolute atomic E-state index is 0.121. The maximum Gasteiger partial charge on any atom is 0.490 e. The molecule has 1 aromatic heterocycles. The van der Waals surface area contributed by atoms with Crippen LogP contribution in [-0.4, -0.2) is 25.2 Å². The third-order valence-corrected chi connectivity index (χ3v) is 9.38. The third kappa shape index (κ3) is 7.04. The molecule has 0 spiro atoms. The van der Waals surface area contributed by atoms with Crippen molar-refractivity contribution >= 4 is 46.4 Å². The Morgan fingerprint density at radius 1 is 1.05 bits per heavy atom. The zero-order valence-corrected chi connectivity index (χ0v) is 25.9. The lowest BCUT2D eigenvalue weighted by Gasteiger charge is -2.47. The van der Waals surface area contributed by atoms with E-state index in [-0.39, 0.29) is 11.3 Å². The first-order valence-electron chi connectivity index (χ1n) is 15.0. The first-order chi connectivity index (χ1) is 20.9. The number of rotatable bonds is 4. The van der Waals surface area contributed by atoms with Gasteiger partial charge in [0.2, 0.25) is 0 Å². The Kier molecular flexibility index (Phi) is 9.25. The number of nitrogens with one attached hydrogen (secondary N) is 1. The van der Waals surface area contributed by atoms with Gasteiger partial charge in [0.1, 0.15) is 12.2 Å². The van der Waals surface area contributed by atoms with Crippen molar-refractivity contribution in [2.24, 2.45) is 17.8 Å². The number of carbonyl (C=O) groups is 2. The van der Waals surface area contributed by atoms with Crippen LogP contribution < -0.4 is 14.8 Å². The van der Waals surface area contributed by atoms with Crippen LogP contribution in [0.2, 0.25) is 5.02 Å². The number of pyridine rings is 1. The Balaban J connectivity index is 0.000000426. The molecule has 1 N–H and O–H groups in total. The fraction of sp³-hybridized carbons (Fsp3) is 0.441. The van der Waals surface area contributed by atoms with Crippen molar-refractivity contribution < 1.29 is 32.1 Å². The molecule has 2 aromatic carbocycles. The van der Waals surface area contributed by atoms with Gasteiger partial charge in [-0.25, -0.2) is 14.2 Å². The predicted octanol–water partition coefficient (Wildman–Crippen LogP) is 8.27. The van der Waals surface area contributed by atoms with Crippen LogP contribution in [0.1, 0.15) is 57.9 Å². The quantitative estimate of drug-likeness (QED) is 0.233. The highest BCUT2D eigenvalue weighted by atomic mass is 35.5. The molecule has 44 heavy (non-hydrogen) atoms. The van der Waals surface area contributed by atoms with Gasteiger partial charge >= 0.3 is 18.1 Å². The van der Waals surface area contributed by atoms with Gasteiger partial charge in [0, 0.05) is 11.8 Å². The second kappa shape index (κ2) is 12.8. The van der Waals surface area contributed by atoms with Gasteiger partial charge in [-0.1, -0.05) is 37.6 Å². The largest absolute Gasteiger partial charge is 0.490 e.